The van der Waals surface area contributed by atoms with Crippen LogP contribution in [0.15, 0.2) is 231 Å². The van der Waals surface area contributed by atoms with Crippen LogP contribution in [0.2, 0.25) is 0 Å². The van der Waals surface area contributed by atoms with Crippen molar-refractivity contribution in [1.82, 2.24) is 0 Å². The zero-order valence-electron chi connectivity index (χ0n) is 37.6. The van der Waals surface area contributed by atoms with Crippen LogP contribution >= 0.6 is 11.3 Å². The molecule has 4 nitrogen and oxygen atoms in total. The van der Waals surface area contributed by atoms with E-state index in [0.717, 1.165) is 61.1 Å². The van der Waals surface area contributed by atoms with E-state index in [0.29, 0.717) is 11.4 Å². The average molecular weight is 907 g/mol. The van der Waals surface area contributed by atoms with Crippen molar-refractivity contribution in [3.63, 3.8) is 0 Å². The van der Waals surface area contributed by atoms with Crippen LogP contribution in [-0.2, 0) is 5.41 Å². The zero-order chi connectivity index (χ0) is 46.5. The second-order valence-electron chi connectivity index (χ2n) is 18.1. The molecule has 5 heteroatoms. The predicted molar refractivity (Wildman–Crippen MR) is 293 cm³/mol. The fraction of sp³-hybridized carbons (Fsp3) is 0.0154. The van der Waals surface area contributed by atoms with E-state index in [1.165, 1.54) is 59.3 Å². The van der Waals surface area contributed by atoms with Crippen LogP contribution in [0, 0.1) is 13.1 Å². The first-order chi connectivity index (χ1) is 34.6. The number of anilines is 6. The van der Waals surface area contributed by atoms with Gasteiger partial charge in [0.25, 0.3) is 0 Å². The number of benzene rings is 11. The number of hydrogen-bond donors (Lipinski definition) is 0. The maximum absolute atomic E-state index is 7.93. The van der Waals surface area contributed by atoms with E-state index >= 15 is 0 Å². The van der Waals surface area contributed by atoms with Crippen molar-refractivity contribution in [2.24, 2.45) is 0 Å². The fourth-order valence-electron chi connectivity index (χ4n) is 11.8. The Morgan fingerprint density at radius 1 is 0.371 bits per heavy atom. The molecule has 324 valence electrons. The van der Waals surface area contributed by atoms with Gasteiger partial charge in [-0.05, 0) is 110 Å². The highest BCUT2D eigenvalue weighted by molar-refractivity contribution is 7.26. The number of thiophene rings is 1. The molecule has 70 heavy (non-hydrogen) atoms. The van der Waals surface area contributed by atoms with E-state index in [2.05, 4.69) is 226 Å². The summed E-state index contributed by atoms with van der Waals surface area (Å²) in [5.41, 5.74) is 16.9. The molecule has 1 heterocycles. The highest BCUT2D eigenvalue weighted by atomic mass is 32.1. The van der Waals surface area contributed by atoms with Gasteiger partial charge in [-0.1, -0.05) is 170 Å². The van der Waals surface area contributed by atoms with E-state index in [4.69, 9.17) is 13.1 Å². The Morgan fingerprint density at radius 2 is 0.843 bits per heavy atom. The van der Waals surface area contributed by atoms with Gasteiger partial charge in [-0.25, -0.2) is 9.69 Å². The number of fused-ring (bicyclic) bond motifs is 15. The van der Waals surface area contributed by atoms with Crippen molar-refractivity contribution in [3.05, 3.63) is 276 Å². The maximum Gasteiger partial charge on any atom is 0.187 e. The Balaban J connectivity index is 1.14. The summed E-state index contributed by atoms with van der Waals surface area (Å²) in [4.78, 5) is 12.4. The van der Waals surface area contributed by atoms with E-state index in [1.807, 2.05) is 35.6 Å². The summed E-state index contributed by atoms with van der Waals surface area (Å²) in [6, 6.07) is 83.0. The standard InChI is InChI=1S/C65H38N4S/c1-66-43-29-33-45(34-30-43)68(59-27-13-17-41-15-3-5-19-48(41)59)47-37-38-61-53(39-47)54-40-58-62(52-23-9-12-26-57(52)65(58)55-24-10-7-21-50(55)51-22-8-11-25-56(51)65)63(64(54)70-61)69(46-35-31-44(67-2)32-36-46)60-28-14-18-42-16-4-6-20-49(42)60/h3-40H. The van der Waals surface area contributed by atoms with Gasteiger partial charge in [0.2, 0.25) is 0 Å². The molecule has 0 radical (unpaired) electrons. The van der Waals surface area contributed by atoms with E-state index in [-0.39, 0.29) is 0 Å². The predicted octanol–water partition coefficient (Wildman–Crippen LogP) is 18.7. The normalized spacial score (nSPS) is 12.7. The second kappa shape index (κ2) is 15.4. The lowest BCUT2D eigenvalue weighted by atomic mass is 9.70. The van der Waals surface area contributed by atoms with Gasteiger partial charge in [-0.15, -0.1) is 11.3 Å². The van der Waals surface area contributed by atoms with Gasteiger partial charge in [-0.2, -0.15) is 0 Å². The fourth-order valence-corrected chi connectivity index (χ4v) is 13.0. The molecule has 1 aromatic heterocycles. The Kier molecular flexibility index (Phi) is 8.76. The molecule has 12 aromatic rings. The van der Waals surface area contributed by atoms with E-state index in [9.17, 15) is 0 Å². The van der Waals surface area contributed by atoms with Gasteiger partial charge in [0.1, 0.15) is 0 Å². The van der Waals surface area contributed by atoms with Gasteiger partial charge < -0.3 is 9.80 Å². The molecule has 0 amide bonds. The molecule has 0 atom stereocenters. The van der Waals surface area contributed by atoms with Crippen molar-refractivity contribution < 1.29 is 0 Å². The Labute approximate surface area is 409 Å². The molecule has 2 aliphatic carbocycles. The van der Waals surface area contributed by atoms with E-state index < -0.39 is 5.41 Å². The average Bonchev–Trinajstić information content (AvgIpc) is 4.05. The summed E-state index contributed by atoms with van der Waals surface area (Å²) in [5, 5.41) is 6.93. The molecule has 0 fully saturated rings. The summed E-state index contributed by atoms with van der Waals surface area (Å²) < 4.78 is 2.36. The van der Waals surface area contributed by atoms with Gasteiger partial charge in [0, 0.05) is 48.9 Å². The number of hydrogen-bond acceptors (Lipinski definition) is 3. The third-order valence-electron chi connectivity index (χ3n) is 14.6. The smallest absolute Gasteiger partial charge is 0.187 e. The van der Waals surface area contributed by atoms with Gasteiger partial charge in [-0.3, -0.25) is 0 Å². The monoisotopic (exact) mass is 906 g/mol. The SMILES string of the molecule is [C-]#[N+]c1ccc(N(c2ccc3sc4c(N(c5ccc([N+]#[C-])cc5)c5cccc6ccccc56)c5c(cc4c3c2)C2(c3ccccc3-c3ccccc32)c2ccccc2-5)c2cccc3ccccc23)cc1. The Bertz CT molecular complexity index is 4170. The molecule has 0 saturated heterocycles. The Hall–Kier alpha value is -9.26. The van der Waals surface area contributed by atoms with E-state index in [1.54, 1.807) is 0 Å². The number of nitrogens with zero attached hydrogens (tertiary/aromatic N) is 4. The molecule has 0 bridgehead atoms. The summed E-state index contributed by atoms with van der Waals surface area (Å²) in [5.74, 6) is 0. The Morgan fingerprint density at radius 3 is 1.43 bits per heavy atom. The van der Waals surface area contributed by atoms with Gasteiger partial charge >= 0.3 is 0 Å². The summed E-state index contributed by atoms with van der Waals surface area (Å²) >= 11 is 1.84. The first-order valence-electron chi connectivity index (χ1n) is 23.5. The molecule has 1 spiro atoms. The summed E-state index contributed by atoms with van der Waals surface area (Å²) in [6.07, 6.45) is 0. The van der Waals surface area contributed by atoms with Crippen molar-refractivity contribution in [2.45, 2.75) is 5.41 Å². The summed E-state index contributed by atoms with van der Waals surface area (Å²) in [6.45, 7) is 15.7. The molecule has 2 aliphatic rings. The van der Waals surface area contributed by atoms with Gasteiger partial charge in [0.05, 0.1) is 40.3 Å². The lowest BCUT2D eigenvalue weighted by Crippen LogP contribution is -2.26. The van der Waals surface area contributed by atoms with Crippen LogP contribution in [0.4, 0.5) is 45.5 Å². The molecule has 14 rings (SSSR count). The number of rotatable bonds is 6. The molecule has 11 aromatic carbocycles. The van der Waals surface area contributed by atoms with Gasteiger partial charge in [0.15, 0.2) is 11.4 Å². The topological polar surface area (TPSA) is 15.2 Å². The van der Waals surface area contributed by atoms with Crippen LogP contribution in [0.5, 0.6) is 0 Å². The minimum atomic E-state index is -0.605. The van der Waals surface area contributed by atoms with Crippen molar-refractivity contribution >= 4 is 98.6 Å². The minimum absolute atomic E-state index is 0.599. The lowest BCUT2D eigenvalue weighted by molar-refractivity contribution is 0.795. The van der Waals surface area contributed by atoms with Crippen molar-refractivity contribution in [2.75, 3.05) is 9.80 Å². The van der Waals surface area contributed by atoms with Crippen molar-refractivity contribution in [3.8, 4) is 22.3 Å². The van der Waals surface area contributed by atoms with Crippen LogP contribution in [0.1, 0.15) is 22.3 Å². The maximum atomic E-state index is 7.93. The largest absolute Gasteiger partial charge is 0.310 e. The third-order valence-corrected chi connectivity index (χ3v) is 15.8. The lowest BCUT2D eigenvalue weighted by Gasteiger charge is -2.32. The molecular formula is C65H38N4S. The third kappa shape index (κ3) is 5.62. The second-order valence-corrected chi connectivity index (χ2v) is 19.2. The highest BCUT2D eigenvalue weighted by Crippen LogP contribution is 2.67. The highest BCUT2D eigenvalue weighted by Gasteiger charge is 2.53. The van der Waals surface area contributed by atoms with Crippen LogP contribution in [-0.4, -0.2) is 0 Å². The molecule has 0 unspecified atom stereocenters. The van der Waals surface area contributed by atoms with Crippen LogP contribution in [0.3, 0.4) is 0 Å². The quantitative estimate of drug-likeness (QED) is 0.154. The minimum Gasteiger partial charge on any atom is -0.310 e. The molecule has 0 aliphatic heterocycles. The first-order valence-corrected chi connectivity index (χ1v) is 24.3. The zero-order valence-corrected chi connectivity index (χ0v) is 38.5. The molecule has 0 N–H and O–H groups in total. The first kappa shape index (κ1) is 39.9. The molecule has 0 saturated carbocycles. The summed E-state index contributed by atoms with van der Waals surface area (Å²) in [7, 11) is 0. The van der Waals surface area contributed by atoms with Crippen molar-refractivity contribution in [1.29, 1.82) is 0 Å². The van der Waals surface area contributed by atoms with Crippen LogP contribution in [0.25, 0.3) is 73.7 Å². The molecular weight excluding hydrogens is 869 g/mol. The van der Waals surface area contributed by atoms with Crippen LogP contribution < -0.4 is 9.80 Å².